The molecule has 34 heavy (non-hydrogen) atoms. The van der Waals surface area contributed by atoms with Crippen molar-refractivity contribution in [2.75, 3.05) is 21.3 Å². The van der Waals surface area contributed by atoms with Gasteiger partial charge in [0.1, 0.15) is 0 Å². The maximum absolute atomic E-state index is 12.5. The summed E-state index contributed by atoms with van der Waals surface area (Å²) in [6.07, 6.45) is 0. The second-order valence-corrected chi connectivity index (χ2v) is 8.05. The topological polar surface area (TPSA) is 116 Å². The fourth-order valence-electron chi connectivity index (χ4n) is 2.95. The van der Waals surface area contributed by atoms with Crippen LogP contribution in [0, 0.1) is 0 Å². The van der Waals surface area contributed by atoms with Gasteiger partial charge in [0.05, 0.1) is 21.4 Å². The Labute approximate surface area is 205 Å². The third-order valence-corrected chi connectivity index (χ3v) is 5.11. The lowest BCUT2D eigenvalue weighted by molar-refractivity contribution is -0.115. The first-order valence-electron chi connectivity index (χ1n) is 9.99. The lowest BCUT2D eigenvalue weighted by Gasteiger charge is -2.10. The molecule has 3 rings (SSSR count). The number of carbonyl (C=O) groups is 4. The summed E-state index contributed by atoms with van der Waals surface area (Å²) in [6.45, 7) is 2.74. The molecule has 174 valence electrons. The SMILES string of the molecule is CC(=O)Nc1ccc(NC(=O)c2ccc(C(=O)Nc3ccc(NC(C)=O)c(Cl)c3)cc2)cc1Cl. The number of hydrogen-bond acceptors (Lipinski definition) is 4. The predicted octanol–water partition coefficient (Wildman–Crippen LogP) is 5.41. The van der Waals surface area contributed by atoms with Crippen LogP contribution in [0.4, 0.5) is 22.7 Å². The molecule has 0 aliphatic carbocycles. The van der Waals surface area contributed by atoms with Crippen molar-refractivity contribution in [3.05, 3.63) is 81.8 Å². The third kappa shape index (κ3) is 6.57. The van der Waals surface area contributed by atoms with Crippen LogP contribution < -0.4 is 21.3 Å². The molecule has 3 aromatic carbocycles. The number of benzene rings is 3. The van der Waals surface area contributed by atoms with Gasteiger partial charge in [-0.05, 0) is 60.7 Å². The fourth-order valence-corrected chi connectivity index (χ4v) is 3.40. The Morgan fingerprint density at radius 1 is 0.559 bits per heavy atom. The van der Waals surface area contributed by atoms with Crippen molar-refractivity contribution in [1.29, 1.82) is 0 Å². The van der Waals surface area contributed by atoms with Crippen LogP contribution in [0.15, 0.2) is 60.7 Å². The van der Waals surface area contributed by atoms with E-state index in [1.165, 1.54) is 50.2 Å². The molecule has 0 atom stereocenters. The van der Waals surface area contributed by atoms with Gasteiger partial charge in [0, 0.05) is 36.3 Å². The quantitative estimate of drug-likeness (QED) is 0.363. The largest absolute Gasteiger partial charge is 0.325 e. The number of amides is 4. The molecule has 0 saturated heterocycles. The Bertz CT molecular complexity index is 1180. The summed E-state index contributed by atoms with van der Waals surface area (Å²) in [4.78, 5) is 47.4. The zero-order valence-electron chi connectivity index (χ0n) is 18.2. The summed E-state index contributed by atoms with van der Waals surface area (Å²) in [5, 5.41) is 11.2. The summed E-state index contributed by atoms with van der Waals surface area (Å²) in [5.74, 6) is -1.30. The fraction of sp³-hybridized carbons (Fsp3) is 0.0833. The van der Waals surface area contributed by atoms with Gasteiger partial charge in [-0.3, -0.25) is 19.2 Å². The normalized spacial score (nSPS) is 10.2. The predicted molar refractivity (Wildman–Crippen MR) is 134 cm³/mol. The van der Waals surface area contributed by atoms with E-state index in [1.807, 2.05) is 0 Å². The van der Waals surface area contributed by atoms with Crippen LogP contribution in [0.25, 0.3) is 0 Å². The van der Waals surface area contributed by atoms with Crippen molar-refractivity contribution in [1.82, 2.24) is 0 Å². The Kier molecular flexibility index (Phi) is 7.88. The molecule has 0 fully saturated rings. The standard InChI is InChI=1S/C24H20Cl2N4O4/c1-13(31)27-21-9-7-17(11-19(21)25)29-23(33)15-3-5-16(6-4-15)24(34)30-18-8-10-22(20(26)12-18)28-14(2)32/h3-12H,1-2H3,(H,27,31)(H,28,32)(H,29,33)(H,30,34). The minimum atomic E-state index is -0.393. The molecule has 0 saturated carbocycles. The molecule has 0 aliphatic heterocycles. The zero-order chi connectivity index (χ0) is 24.8. The van der Waals surface area contributed by atoms with Gasteiger partial charge in [-0.25, -0.2) is 0 Å². The van der Waals surface area contributed by atoms with E-state index in [2.05, 4.69) is 21.3 Å². The average molecular weight is 499 g/mol. The van der Waals surface area contributed by atoms with Gasteiger partial charge in [0.25, 0.3) is 11.8 Å². The Morgan fingerprint density at radius 2 is 0.912 bits per heavy atom. The number of nitrogens with one attached hydrogen (secondary N) is 4. The molecule has 0 spiro atoms. The molecule has 8 nitrogen and oxygen atoms in total. The van der Waals surface area contributed by atoms with E-state index in [4.69, 9.17) is 23.2 Å². The van der Waals surface area contributed by atoms with Crippen LogP contribution in [-0.2, 0) is 9.59 Å². The molecule has 4 amide bonds. The van der Waals surface area contributed by atoms with Gasteiger partial charge in [0.2, 0.25) is 11.8 Å². The van der Waals surface area contributed by atoms with Crippen molar-refractivity contribution in [3.8, 4) is 0 Å². The summed E-state index contributed by atoms with van der Waals surface area (Å²) in [7, 11) is 0. The van der Waals surface area contributed by atoms with Gasteiger partial charge in [-0.15, -0.1) is 0 Å². The van der Waals surface area contributed by atoms with E-state index in [0.717, 1.165) is 0 Å². The molecule has 3 aromatic rings. The Balaban J connectivity index is 1.64. The van der Waals surface area contributed by atoms with Gasteiger partial charge in [0.15, 0.2) is 0 Å². The van der Waals surface area contributed by atoms with Gasteiger partial charge >= 0.3 is 0 Å². The van der Waals surface area contributed by atoms with Crippen molar-refractivity contribution < 1.29 is 19.2 Å². The monoisotopic (exact) mass is 498 g/mol. The van der Waals surface area contributed by atoms with Crippen LogP contribution >= 0.6 is 23.2 Å². The number of hydrogen-bond donors (Lipinski definition) is 4. The minimum absolute atomic E-state index is 0.257. The van der Waals surface area contributed by atoms with Crippen molar-refractivity contribution in [2.24, 2.45) is 0 Å². The van der Waals surface area contributed by atoms with Crippen LogP contribution in [0.5, 0.6) is 0 Å². The van der Waals surface area contributed by atoms with Crippen molar-refractivity contribution in [2.45, 2.75) is 13.8 Å². The summed E-state index contributed by atoms with van der Waals surface area (Å²) in [5.41, 5.74) is 2.45. The molecule has 4 N–H and O–H groups in total. The zero-order valence-corrected chi connectivity index (χ0v) is 19.7. The summed E-state index contributed by atoms with van der Waals surface area (Å²) in [6, 6.07) is 15.5. The molecule has 10 heteroatoms. The van der Waals surface area contributed by atoms with E-state index in [0.29, 0.717) is 33.9 Å². The number of carbonyl (C=O) groups excluding carboxylic acids is 4. The molecular formula is C24H20Cl2N4O4. The maximum Gasteiger partial charge on any atom is 0.255 e. The Morgan fingerprint density at radius 3 is 1.21 bits per heavy atom. The Hall–Kier alpha value is -3.88. The summed E-state index contributed by atoms with van der Waals surface area (Å²) >= 11 is 12.3. The van der Waals surface area contributed by atoms with Crippen molar-refractivity contribution >= 4 is 69.6 Å². The first-order chi connectivity index (χ1) is 16.1. The van der Waals surface area contributed by atoms with Crippen LogP contribution in [0.3, 0.4) is 0 Å². The van der Waals surface area contributed by atoms with E-state index in [9.17, 15) is 19.2 Å². The van der Waals surface area contributed by atoms with Crippen LogP contribution in [0.1, 0.15) is 34.6 Å². The first kappa shape index (κ1) is 24.8. The highest BCUT2D eigenvalue weighted by Gasteiger charge is 2.12. The minimum Gasteiger partial charge on any atom is -0.325 e. The van der Waals surface area contributed by atoms with E-state index < -0.39 is 11.8 Å². The van der Waals surface area contributed by atoms with Crippen LogP contribution in [0.2, 0.25) is 10.0 Å². The maximum atomic E-state index is 12.5. The lowest BCUT2D eigenvalue weighted by Crippen LogP contribution is -2.14. The van der Waals surface area contributed by atoms with Gasteiger partial charge in [-0.1, -0.05) is 23.2 Å². The first-order valence-corrected chi connectivity index (χ1v) is 10.7. The summed E-state index contributed by atoms with van der Waals surface area (Å²) < 4.78 is 0. The second-order valence-electron chi connectivity index (χ2n) is 7.24. The molecule has 0 bridgehead atoms. The van der Waals surface area contributed by atoms with Crippen LogP contribution in [-0.4, -0.2) is 23.6 Å². The number of rotatable bonds is 6. The number of anilines is 4. The highest BCUT2D eigenvalue weighted by atomic mass is 35.5. The molecule has 0 radical (unpaired) electrons. The van der Waals surface area contributed by atoms with Gasteiger partial charge < -0.3 is 21.3 Å². The third-order valence-electron chi connectivity index (χ3n) is 4.48. The molecular weight excluding hydrogens is 479 g/mol. The van der Waals surface area contributed by atoms with Crippen molar-refractivity contribution in [3.63, 3.8) is 0 Å². The van der Waals surface area contributed by atoms with Gasteiger partial charge in [-0.2, -0.15) is 0 Å². The number of halogens is 2. The molecule has 0 aliphatic rings. The highest BCUT2D eigenvalue weighted by molar-refractivity contribution is 6.34. The smallest absolute Gasteiger partial charge is 0.255 e. The van der Waals surface area contributed by atoms with E-state index in [-0.39, 0.29) is 21.9 Å². The average Bonchev–Trinajstić information content (AvgIpc) is 2.77. The molecule has 0 heterocycles. The lowest BCUT2D eigenvalue weighted by atomic mass is 10.1. The van der Waals surface area contributed by atoms with E-state index >= 15 is 0 Å². The second kappa shape index (κ2) is 10.8. The molecule has 0 aromatic heterocycles. The highest BCUT2D eigenvalue weighted by Crippen LogP contribution is 2.27. The molecule has 0 unspecified atom stereocenters. The van der Waals surface area contributed by atoms with E-state index in [1.54, 1.807) is 24.3 Å².